The molecule has 0 unspecified atom stereocenters. The van der Waals surface area contributed by atoms with E-state index in [1.54, 1.807) is 12.1 Å². The minimum Gasteiger partial charge on any atom is -0.504 e. The van der Waals surface area contributed by atoms with Crippen LogP contribution in [0.15, 0.2) is 18.2 Å². The molecular formula is C12H16O3. The molecule has 15 heavy (non-hydrogen) atoms. The zero-order chi connectivity index (χ0) is 11.3. The van der Waals surface area contributed by atoms with Crippen molar-refractivity contribution in [2.45, 2.75) is 33.1 Å². The maximum Gasteiger partial charge on any atom is 0.311 e. The number of esters is 1. The number of carbonyl (C=O) groups is 1. The summed E-state index contributed by atoms with van der Waals surface area (Å²) in [6, 6.07) is 4.94. The average Bonchev–Trinajstić information content (AvgIpc) is 2.20. The number of phenolic OH excluding ortho intramolecular Hbond substituents is 1. The second kappa shape index (κ2) is 5.39. The Bertz CT molecular complexity index is 345. The summed E-state index contributed by atoms with van der Waals surface area (Å²) in [5.41, 5.74) is 0.950. The molecule has 1 aromatic carbocycles. The predicted molar refractivity (Wildman–Crippen MR) is 58.0 cm³/mol. The molecule has 82 valence electrons. The van der Waals surface area contributed by atoms with Crippen LogP contribution < -0.4 is 4.74 Å². The first kappa shape index (κ1) is 11.6. The van der Waals surface area contributed by atoms with E-state index in [1.807, 2.05) is 13.8 Å². The smallest absolute Gasteiger partial charge is 0.311 e. The van der Waals surface area contributed by atoms with E-state index in [9.17, 15) is 9.90 Å². The van der Waals surface area contributed by atoms with Gasteiger partial charge >= 0.3 is 5.97 Å². The second-order valence-corrected chi connectivity index (χ2v) is 3.55. The number of ether oxygens (including phenoxy) is 1. The van der Waals surface area contributed by atoms with Crippen LogP contribution in [0.3, 0.4) is 0 Å². The van der Waals surface area contributed by atoms with Gasteiger partial charge in [-0.25, -0.2) is 0 Å². The topological polar surface area (TPSA) is 46.5 Å². The van der Waals surface area contributed by atoms with E-state index in [0.717, 1.165) is 18.4 Å². The molecule has 0 fully saturated rings. The highest BCUT2D eigenvalue weighted by Gasteiger charge is 2.08. The molecule has 0 saturated carbocycles. The summed E-state index contributed by atoms with van der Waals surface area (Å²) in [5.74, 6) is -0.0423. The molecule has 0 aliphatic heterocycles. The van der Waals surface area contributed by atoms with E-state index in [0.29, 0.717) is 6.42 Å². The van der Waals surface area contributed by atoms with Crippen molar-refractivity contribution in [2.24, 2.45) is 0 Å². The van der Waals surface area contributed by atoms with Crippen LogP contribution in [0.5, 0.6) is 11.5 Å². The number of benzene rings is 1. The Labute approximate surface area is 89.7 Å². The molecule has 1 rings (SSSR count). The summed E-state index contributed by atoms with van der Waals surface area (Å²) in [4.78, 5) is 11.3. The van der Waals surface area contributed by atoms with E-state index in [-0.39, 0.29) is 17.5 Å². The standard InChI is InChI=1S/C12H16O3/c1-3-4-5-12(14)15-11-8-9(2)6-7-10(11)13/h6-8,13H,3-5H2,1-2H3. The molecule has 0 radical (unpaired) electrons. The molecule has 3 nitrogen and oxygen atoms in total. The van der Waals surface area contributed by atoms with Crippen molar-refractivity contribution < 1.29 is 14.6 Å². The Kier molecular flexibility index (Phi) is 4.16. The van der Waals surface area contributed by atoms with Crippen LogP contribution in [0.2, 0.25) is 0 Å². The van der Waals surface area contributed by atoms with Crippen molar-refractivity contribution in [3.63, 3.8) is 0 Å². The first-order valence-electron chi connectivity index (χ1n) is 5.13. The van der Waals surface area contributed by atoms with Crippen molar-refractivity contribution in [1.29, 1.82) is 0 Å². The highest BCUT2D eigenvalue weighted by atomic mass is 16.5. The first-order chi connectivity index (χ1) is 7.13. The summed E-state index contributed by atoms with van der Waals surface area (Å²) < 4.78 is 5.04. The molecule has 1 aromatic rings. The van der Waals surface area contributed by atoms with Crippen LogP contribution in [0, 0.1) is 6.92 Å². The van der Waals surface area contributed by atoms with E-state index in [4.69, 9.17) is 4.74 Å². The summed E-state index contributed by atoms with van der Waals surface area (Å²) in [7, 11) is 0. The molecule has 3 heteroatoms. The summed E-state index contributed by atoms with van der Waals surface area (Å²) >= 11 is 0. The van der Waals surface area contributed by atoms with E-state index >= 15 is 0 Å². The minimum atomic E-state index is -0.294. The molecule has 0 heterocycles. The van der Waals surface area contributed by atoms with Crippen molar-refractivity contribution in [3.8, 4) is 11.5 Å². The number of aryl methyl sites for hydroxylation is 1. The monoisotopic (exact) mass is 208 g/mol. The molecule has 0 saturated heterocycles. The lowest BCUT2D eigenvalue weighted by Gasteiger charge is -2.06. The van der Waals surface area contributed by atoms with Crippen LogP contribution in [0.25, 0.3) is 0 Å². The minimum absolute atomic E-state index is 0.00504. The molecule has 0 aliphatic rings. The number of rotatable bonds is 4. The number of phenols is 1. The summed E-state index contributed by atoms with van der Waals surface area (Å²) in [6.07, 6.45) is 2.16. The van der Waals surface area contributed by atoms with Gasteiger partial charge in [-0.2, -0.15) is 0 Å². The zero-order valence-corrected chi connectivity index (χ0v) is 9.12. The van der Waals surface area contributed by atoms with Gasteiger partial charge in [-0.15, -0.1) is 0 Å². The Balaban J connectivity index is 2.63. The molecule has 0 amide bonds. The third kappa shape index (κ3) is 3.62. The number of hydrogen-bond acceptors (Lipinski definition) is 3. The van der Waals surface area contributed by atoms with Gasteiger partial charge in [0.2, 0.25) is 0 Å². The largest absolute Gasteiger partial charge is 0.504 e. The fourth-order valence-electron chi connectivity index (χ4n) is 1.20. The molecule has 0 aliphatic carbocycles. The molecule has 0 atom stereocenters. The third-order valence-corrected chi connectivity index (χ3v) is 2.07. The Morgan fingerprint density at radius 1 is 1.47 bits per heavy atom. The van der Waals surface area contributed by atoms with Crippen LogP contribution in [0.4, 0.5) is 0 Å². The number of unbranched alkanes of at least 4 members (excludes halogenated alkanes) is 1. The molecular weight excluding hydrogens is 192 g/mol. The van der Waals surface area contributed by atoms with Crippen molar-refractivity contribution in [1.82, 2.24) is 0 Å². The first-order valence-corrected chi connectivity index (χ1v) is 5.13. The van der Waals surface area contributed by atoms with Gasteiger partial charge in [0.15, 0.2) is 11.5 Å². The number of hydrogen-bond donors (Lipinski definition) is 1. The Morgan fingerprint density at radius 2 is 2.20 bits per heavy atom. The Hall–Kier alpha value is -1.51. The second-order valence-electron chi connectivity index (χ2n) is 3.55. The van der Waals surface area contributed by atoms with Gasteiger partial charge in [0, 0.05) is 6.42 Å². The summed E-state index contributed by atoms with van der Waals surface area (Å²) in [6.45, 7) is 3.89. The molecule has 1 N–H and O–H groups in total. The van der Waals surface area contributed by atoms with Crippen molar-refractivity contribution in [2.75, 3.05) is 0 Å². The van der Waals surface area contributed by atoms with Gasteiger partial charge in [0.05, 0.1) is 0 Å². The average molecular weight is 208 g/mol. The number of aromatic hydroxyl groups is 1. The van der Waals surface area contributed by atoms with Gasteiger partial charge in [-0.1, -0.05) is 19.4 Å². The maximum atomic E-state index is 11.3. The third-order valence-electron chi connectivity index (χ3n) is 2.07. The molecule has 0 bridgehead atoms. The van der Waals surface area contributed by atoms with Crippen molar-refractivity contribution >= 4 is 5.97 Å². The molecule has 0 spiro atoms. The van der Waals surface area contributed by atoms with Crippen LogP contribution in [0.1, 0.15) is 31.7 Å². The fourth-order valence-corrected chi connectivity index (χ4v) is 1.20. The summed E-state index contributed by atoms with van der Waals surface area (Å²) in [5, 5.41) is 9.43. The lowest BCUT2D eigenvalue weighted by atomic mass is 10.2. The molecule has 0 aromatic heterocycles. The van der Waals surface area contributed by atoms with Gasteiger partial charge < -0.3 is 9.84 Å². The highest BCUT2D eigenvalue weighted by molar-refractivity contribution is 5.73. The number of carbonyl (C=O) groups excluding carboxylic acids is 1. The van der Waals surface area contributed by atoms with Gasteiger partial charge in [0.1, 0.15) is 0 Å². The maximum absolute atomic E-state index is 11.3. The lowest BCUT2D eigenvalue weighted by Crippen LogP contribution is -2.07. The van der Waals surface area contributed by atoms with E-state index in [1.165, 1.54) is 6.07 Å². The van der Waals surface area contributed by atoms with Crippen LogP contribution >= 0.6 is 0 Å². The highest BCUT2D eigenvalue weighted by Crippen LogP contribution is 2.26. The lowest BCUT2D eigenvalue weighted by molar-refractivity contribution is -0.134. The zero-order valence-electron chi connectivity index (χ0n) is 9.12. The van der Waals surface area contributed by atoms with Gasteiger partial charge in [0.25, 0.3) is 0 Å². The van der Waals surface area contributed by atoms with E-state index < -0.39 is 0 Å². The normalized spacial score (nSPS) is 10.0. The van der Waals surface area contributed by atoms with Crippen LogP contribution in [-0.4, -0.2) is 11.1 Å². The van der Waals surface area contributed by atoms with Crippen LogP contribution in [-0.2, 0) is 4.79 Å². The van der Waals surface area contributed by atoms with Gasteiger partial charge in [-0.3, -0.25) is 4.79 Å². The predicted octanol–water partition coefficient (Wildman–Crippen LogP) is 2.80. The fraction of sp³-hybridized carbons (Fsp3) is 0.417. The van der Waals surface area contributed by atoms with Gasteiger partial charge in [-0.05, 0) is 31.0 Å². The Morgan fingerprint density at radius 3 is 2.87 bits per heavy atom. The quantitative estimate of drug-likeness (QED) is 0.611. The SMILES string of the molecule is CCCCC(=O)Oc1cc(C)ccc1O. The van der Waals surface area contributed by atoms with Crippen molar-refractivity contribution in [3.05, 3.63) is 23.8 Å². The van der Waals surface area contributed by atoms with E-state index in [2.05, 4.69) is 0 Å².